The molecule has 0 aromatic heterocycles. The topological polar surface area (TPSA) is 56.5 Å². The molecule has 0 spiro atoms. The van der Waals surface area contributed by atoms with Gasteiger partial charge >= 0.3 is 0 Å². The van der Waals surface area contributed by atoms with Crippen LogP contribution >= 0.6 is 0 Å². The number of anilines is 1. The summed E-state index contributed by atoms with van der Waals surface area (Å²) in [4.78, 5) is 1.36. The highest BCUT2D eigenvalue weighted by molar-refractivity contribution is 5.52. The second-order valence-corrected chi connectivity index (χ2v) is 3.66. The van der Waals surface area contributed by atoms with Crippen molar-refractivity contribution in [2.75, 3.05) is 38.3 Å². The molecule has 0 aliphatic rings. The van der Waals surface area contributed by atoms with Gasteiger partial charge in [-0.15, -0.1) is 0 Å². The number of hydrogen-bond acceptors (Lipinski definition) is 4. The van der Waals surface area contributed by atoms with Crippen molar-refractivity contribution < 1.29 is 18.6 Å². The van der Waals surface area contributed by atoms with Crippen LogP contribution in [0.4, 0.5) is 14.5 Å². The van der Waals surface area contributed by atoms with Gasteiger partial charge in [0.2, 0.25) is 0 Å². The Morgan fingerprint density at radius 3 is 2.44 bits per heavy atom. The largest absolute Gasteiger partial charge is 0.394 e. The summed E-state index contributed by atoms with van der Waals surface area (Å²) in [7, 11) is 1.52. The molecule has 1 N–H and O–H groups in total. The zero-order chi connectivity index (χ0) is 13.5. The first-order chi connectivity index (χ1) is 8.60. The molecule has 1 aromatic carbocycles. The molecule has 0 unspecified atom stereocenters. The third-order valence-corrected chi connectivity index (χ3v) is 2.33. The summed E-state index contributed by atoms with van der Waals surface area (Å²) >= 11 is 0. The number of aliphatic hydroxyl groups excluding tert-OH is 1. The molecule has 0 aliphatic carbocycles. The fourth-order valence-electron chi connectivity index (χ4n) is 1.47. The predicted molar refractivity (Wildman–Crippen MR) is 62.2 cm³/mol. The van der Waals surface area contributed by atoms with Gasteiger partial charge in [0.25, 0.3) is 0 Å². The second-order valence-electron chi connectivity index (χ2n) is 3.66. The Kier molecular flexibility index (Phi) is 5.49. The normalized spacial score (nSPS) is 10.2. The van der Waals surface area contributed by atoms with Crippen LogP contribution in [0.3, 0.4) is 0 Å². The van der Waals surface area contributed by atoms with Gasteiger partial charge < -0.3 is 14.7 Å². The summed E-state index contributed by atoms with van der Waals surface area (Å²) in [5, 5.41) is 17.1. The highest BCUT2D eigenvalue weighted by atomic mass is 19.1. The summed E-state index contributed by atoms with van der Waals surface area (Å²) in [5.74, 6) is -1.56. The maximum Gasteiger partial charge on any atom is 0.150 e. The summed E-state index contributed by atoms with van der Waals surface area (Å²) in [6.45, 7) is 0.616. The van der Waals surface area contributed by atoms with Gasteiger partial charge in [-0.25, -0.2) is 8.78 Å². The minimum absolute atomic E-state index is 0.0568. The molecule has 0 radical (unpaired) electrons. The lowest BCUT2D eigenvalue weighted by Gasteiger charge is -2.20. The van der Waals surface area contributed by atoms with E-state index in [0.29, 0.717) is 0 Å². The van der Waals surface area contributed by atoms with Gasteiger partial charge in [0, 0.05) is 13.6 Å². The summed E-state index contributed by atoms with van der Waals surface area (Å²) < 4.78 is 32.2. The zero-order valence-electron chi connectivity index (χ0n) is 9.99. The average molecular weight is 256 g/mol. The van der Waals surface area contributed by atoms with Crippen LogP contribution in [0.2, 0.25) is 0 Å². The standard InChI is InChI=1S/C12H14F2N2O2/c1-16(2-4-18-5-3-17)12-10(13)6-9(8-15)7-11(12)14/h6-7,17H,2-5H2,1H3. The van der Waals surface area contributed by atoms with Gasteiger partial charge in [-0.2, -0.15) is 5.26 Å². The second kappa shape index (κ2) is 6.89. The van der Waals surface area contributed by atoms with Crippen LogP contribution in [0.25, 0.3) is 0 Å². The monoisotopic (exact) mass is 256 g/mol. The van der Waals surface area contributed by atoms with Crippen molar-refractivity contribution in [3.05, 3.63) is 29.3 Å². The number of rotatable bonds is 6. The van der Waals surface area contributed by atoms with E-state index in [1.807, 2.05) is 0 Å². The maximum atomic E-state index is 13.6. The molecule has 0 amide bonds. The van der Waals surface area contributed by atoms with E-state index in [2.05, 4.69) is 0 Å². The molecule has 0 heterocycles. The molecule has 0 saturated heterocycles. The van der Waals surface area contributed by atoms with E-state index in [1.54, 1.807) is 6.07 Å². The van der Waals surface area contributed by atoms with E-state index < -0.39 is 11.6 Å². The molecule has 18 heavy (non-hydrogen) atoms. The third-order valence-electron chi connectivity index (χ3n) is 2.33. The molecular weight excluding hydrogens is 242 g/mol. The number of nitriles is 1. The Labute approximate surface area is 104 Å². The number of benzene rings is 1. The van der Waals surface area contributed by atoms with Gasteiger partial charge in [0.05, 0.1) is 31.5 Å². The molecule has 0 atom stereocenters. The highest BCUT2D eigenvalue weighted by Gasteiger charge is 2.15. The Bertz CT molecular complexity index is 423. The van der Waals surface area contributed by atoms with Crippen LogP contribution in [0.1, 0.15) is 5.56 Å². The lowest BCUT2D eigenvalue weighted by atomic mass is 10.2. The van der Waals surface area contributed by atoms with Gasteiger partial charge in [-0.05, 0) is 12.1 Å². The van der Waals surface area contributed by atoms with E-state index >= 15 is 0 Å². The highest BCUT2D eigenvalue weighted by Crippen LogP contribution is 2.23. The first-order valence-corrected chi connectivity index (χ1v) is 5.39. The fraction of sp³-hybridized carbons (Fsp3) is 0.417. The number of nitrogens with zero attached hydrogens (tertiary/aromatic N) is 2. The molecule has 0 aliphatic heterocycles. The molecule has 0 bridgehead atoms. The van der Waals surface area contributed by atoms with E-state index in [9.17, 15) is 8.78 Å². The predicted octanol–water partition coefficient (Wildman–Crippen LogP) is 1.28. The van der Waals surface area contributed by atoms with Crippen LogP contribution in [0.15, 0.2) is 12.1 Å². The van der Waals surface area contributed by atoms with Crippen molar-refractivity contribution in [1.29, 1.82) is 5.26 Å². The Morgan fingerprint density at radius 2 is 1.94 bits per heavy atom. The van der Waals surface area contributed by atoms with Crippen molar-refractivity contribution in [2.24, 2.45) is 0 Å². The van der Waals surface area contributed by atoms with Crippen molar-refractivity contribution in [3.8, 4) is 6.07 Å². The minimum atomic E-state index is -0.781. The number of hydrogen-bond donors (Lipinski definition) is 1. The Hall–Kier alpha value is -1.71. The van der Waals surface area contributed by atoms with Gasteiger partial charge in [0.15, 0.2) is 11.6 Å². The molecule has 0 fully saturated rings. The first kappa shape index (κ1) is 14.4. The molecule has 98 valence electrons. The Balaban J connectivity index is 2.74. The minimum Gasteiger partial charge on any atom is -0.394 e. The SMILES string of the molecule is CN(CCOCCO)c1c(F)cc(C#N)cc1F. The summed E-state index contributed by atoms with van der Waals surface area (Å²) in [5.41, 5.74) is -0.250. The smallest absolute Gasteiger partial charge is 0.150 e. The lowest BCUT2D eigenvalue weighted by molar-refractivity contribution is 0.0970. The van der Waals surface area contributed by atoms with Crippen LogP contribution < -0.4 is 4.90 Å². The van der Waals surface area contributed by atoms with Crippen LogP contribution in [-0.2, 0) is 4.74 Å². The number of ether oxygens (including phenoxy) is 1. The number of likely N-dealkylation sites (N-methyl/N-ethyl adjacent to an activating group) is 1. The van der Waals surface area contributed by atoms with E-state index in [1.165, 1.54) is 11.9 Å². The Morgan fingerprint density at radius 1 is 1.33 bits per heavy atom. The molecular formula is C12H14F2N2O2. The quantitative estimate of drug-likeness (QED) is 0.779. The van der Waals surface area contributed by atoms with E-state index in [4.69, 9.17) is 15.1 Å². The maximum absolute atomic E-state index is 13.6. The third kappa shape index (κ3) is 3.65. The molecule has 1 aromatic rings. The van der Waals surface area contributed by atoms with Crippen molar-refractivity contribution >= 4 is 5.69 Å². The van der Waals surface area contributed by atoms with E-state index in [-0.39, 0.29) is 37.6 Å². The van der Waals surface area contributed by atoms with Gasteiger partial charge in [0.1, 0.15) is 5.69 Å². The molecule has 4 nitrogen and oxygen atoms in total. The number of halogens is 2. The number of aliphatic hydroxyl groups is 1. The van der Waals surface area contributed by atoms with Crippen molar-refractivity contribution in [1.82, 2.24) is 0 Å². The van der Waals surface area contributed by atoms with Crippen LogP contribution in [0.5, 0.6) is 0 Å². The first-order valence-electron chi connectivity index (χ1n) is 5.39. The summed E-state index contributed by atoms with van der Waals surface area (Å²) in [6, 6.07) is 3.66. The summed E-state index contributed by atoms with van der Waals surface area (Å²) in [6.07, 6.45) is 0. The van der Waals surface area contributed by atoms with Crippen molar-refractivity contribution in [3.63, 3.8) is 0 Å². The molecule has 1 rings (SSSR count). The fourth-order valence-corrected chi connectivity index (χ4v) is 1.47. The van der Waals surface area contributed by atoms with Crippen LogP contribution in [0, 0.1) is 23.0 Å². The van der Waals surface area contributed by atoms with Gasteiger partial charge in [-0.1, -0.05) is 0 Å². The van der Waals surface area contributed by atoms with Crippen LogP contribution in [-0.4, -0.2) is 38.5 Å². The van der Waals surface area contributed by atoms with Crippen molar-refractivity contribution in [2.45, 2.75) is 0 Å². The van der Waals surface area contributed by atoms with Gasteiger partial charge in [-0.3, -0.25) is 0 Å². The molecule has 0 saturated carbocycles. The lowest BCUT2D eigenvalue weighted by Crippen LogP contribution is -2.25. The zero-order valence-corrected chi connectivity index (χ0v) is 9.99. The van der Waals surface area contributed by atoms with E-state index in [0.717, 1.165) is 12.1 Å². The average Bonchev–Trinajstić information content (AvgIpc) is 2.33. The molecule has 6 heteroatoms.